The van der Waals surface area contributed by atoms with Gasteiger partial charge in [0.15, 0.2) is 0 Å². The number of rotatable bonds is 6. The second-order valence-electron chi connectivity index (χ2n) is 5.83. The number of nitrogens with one attached hydrogen (secondary N) is 1. The molecule has 0 heterocycles. The molecule has 5 heteroatoms. The molecule has 1 aliphatic rings. The lowest BCUT2D eigenvalue weighted by Gasteiger charge is -2.23. The summed E-state index contributed by atoms with van der Waals surface area (Å²) >= 11 is 0. The van der Waals surface area contributed by atoms with E-state index in [0.29, 0.717) is 29.9 Å². The number of carbonyl (C=O) groups is 1. The van der Waals surface area contributed by atoms with Gasteiger partial charge in [-0.25, -0.2) is 4.39 Å². The van der Waals surface area contributed by atoms with Crippen molar-refractivity contribution >= 4 is 17.3 Å². The largest absolute Gasteiger partial charge is 0.397 e. The van der Waals surface area contributed by atoms with E-state index in [1.807, 2.05) is 0 Å². The van der Waals surface area contributed by atoms with Gasteiger partial charge in [0, 0.05) is 12.6 Å². The van der Waals surface area contributed by atoms with Crippen LogP contribution in [0.15, 0.2) is 18.2 Å². The first-order valence-electron chi connectivity index (χ1n) is 7.04. The Kier molecular flexibility index (Phi) is 4.60. The summed E-state index contributed by atoms with van der Waals surface area (Å²) in [6, 6.07) is 4.50. The SMILES string of the molecule is CC(C)CN(CC(=O)Nc1cc(F)ccc1N)C1CC1. The number of anilines is 2. The van der Waals surface area contributed by atoms with Crippen LogP contribution in [0.2, 0.25) is 0 Å². The third-order valence-corrected chi connectivity index (χ3v) is 3.30. The molecule has 1 aliphatic carbocycles. The van der Waals surface area contributed by atoms with Crippen LogP contribution in [0.3, 0.4) is 0 Å². The van der Waals surface area contributed by atoms with Crippen LogP contribution in [0.1, 0.15) is 26.7 Å². The predicted molar refractivity (Wildman–Crippen MR) is 78.9 cm³/mol. The van der Waals surface area contributed by atoms with Crippen molar-refractivity contribution < 1.29 is 9.18 Å². The van der Waals surface area contributed by atoms with E-state index >= 15 is 0 Å². The topological polar surface area (TPSA) is 58.4 Å². The molecule has 110 valence electrons. The second-order valence-corrected chi connectivity index (χ2v) is 5.83. The zero-order chi connectivity index (χ0) is 14.7. The summed E-state index contributed by atoms with van der Waals surface area (Å²) < 4.78 is 13.2. The predicted octanol–water partition coefficient (Wildman–Crippen LogP) is 2.47. The Hall–Kier alpha value is -1.62. The van der Waals surface area contributed by atoms with Crippen LogP contribution in [0.5, 0.6) is 0 Å². The van der Waals surface area contributed by atoms with Crippen LogP contribution >= 0.6 is 0 Å². The molecule has 4 nitrogen and oxygen atoms in total. The molecule has 1 amide bonds. The zero-order valence-corrected chi connectivity index (χ0v) is 12.0. The molecule has 0 bridgehead atoms. The van der Waals surface area contributed by atoms with Crippen LogP contribution < -0.4 is 11.1 Å². The molecular weight excluding hydrogens is 257 g/mol. The van der Waals surface area contributed by atoms with Crippen molar-refractivity contribution in [3.8, 4) is 0 Å². The fourth-order valence-electron chi connectivity index (χ4n) is 2.26. The summed E-state index contributed by atoms with van der Waals surface area (Å²) in [4.78, 5) is 14.3. The Balaban J connectivity index is 1.95. The van der Waals surface area contributed by atoms with Crippen LogP contribution in [0.4, 0.5) is 15.8 Å². The van der Waals surface area contributed by atoms with Crippen molar-refractivity contribution in [3.63, 3.8) is 0 Å². The molecule has 0 spiro atoms. The molecule has 0 radical (unpaired) electrons. The summed E-state index contributed by atoms with van der Waals surface area (Å²) in [6.45, 7) is 5.51. The van der Waals surface area contributed by atoms with E-state index in [1.54, 1.807) is 0 Å². The smallest absolute Gasteiger partial charge is 0.238 e. The van der Waals surface area contributed by atoms with Gasteiger partial charge in [-0.1, -0.05) is 13.8 Å². The number of benzene rings is 1. The van der Waals surface area contributed by atoms with Crippen LogP contribution in [-0.4, -0.2) is 29.9 Å². The van der Waals surface area contributed by atoms with Gasteiger partial charge in [-0.05, 0) is 37.0 Å². The van der Waals surface area contributed by atoms with Crippen LogP contribution in [-0.2, 0) is 4.79 Å². The van der Waals surface area contributed by atoms with E-state index in [1.165, 1.54) is 18.2 Å². The lowest BCUT2D eigenvalue weighted by molar-refractivity contribution is -0.117. The van der Waals surface area contributed by atoms with Crippen LogP contribution in [0, 0.1) is 11.7 Å². The van der Waals surface area contributed by atoms with E-state index in [-0.39, 0.29) is 5.91 Å². The lowest BCUT2D eigenvalue weighted by atomic mass is 10.2. The quantitative estimate of drug-likeness (QED) is 0.786. The summed E-state index contributed by atoms with van der Waals surface area (Å²) in [6.07, 6.45) is 2.31. The van der Waals surface area contributed by atoms with Gasteiger partial charge in [-0.2, -0.15) is 0 Å². The number of nitrogens with two attached hydrogens (primary N) is 1. The highest BCUT2D eigenvalue weighted by molar-refractivity contribution is 5.95. The van der Waals surface area contributed by atoms with Crippen molar-refractivity contribution in [2.75, 3.05) is 24.1 Å². The van der Waals surface area contributed by atoms with Gasteiger partial charge < -0.3 is 11.1 Å². The van der Waals surface area contributed by atoms with E-state index in [9.17, 15) is 9.18 Å². The van der Waals surface area contributed by atoms with Gasteiger partial charge >= 0.3 is 0 Å². The normalized spacial score (nSPS) is 14.8. The molecule has 2 rings (SSSR count). The summed E-state index contributed by atoms with van der Waals surface area (Å²) in [5.41, 5.74) is 6.45. The zero-order valence-electron chi connectivity index (χ0n) is 12.0. The fourth-order valence-corrected chi connectivity index (χ4v) is 2.26. The molecule has 0 aliphatic heterocycles. The van der Waals surface area contributed by atoms with Crippen molar-refractivity contribution in [2.45, 2.75) is 32.7 Å². The standard InChI is InChI=1S/C15H22FN3O/c1-10(2)8-19(12-4-5-12)9-15(20)18-14-7-11(16)3-6-13(14)17/h3,6-7,10,12H,4-5,8-9,17H2,1-2H3,(H,18,20). The Labute approximate surface area is 119 Å². The Morgan fingerprint density at radius 3 is 2.80 bits per heavy atom. The van der Waals surface area contributed by atoms with Gasteiger partial charge in [0.05, 0.1) is 17.9 Å². The first-order valence-corrected chi connectivity index (χ1v) is 7.04. The van der Waals surface area contributed by atoms with Gasteiger partial charge in [-0.15, -0.1) is 0 Å². The molecule has 1 saturated carbocycles. The highest BCUT2D eigenvalue weighted by Crippen LogP contribution is 2.27. The highest BCUT2D eigenvalue weighted by atomic mass is 19.1. The molecule has 1 aromatic carbocycles. The molecular formula is C15H22FN3O. The van der Waals surface area contributed by atoms with Gasteiger partial charge in [-0.3, -0.25) is 9.69 Å². The number of carbonyl (C=O) groups excluding carboxylic acids is 1. The number of nitrogen functional groups attached to an aromatic ring is 1. The molecule has 20 heavy (non-hydrogen) atoms. The third-order valence-electron chi connectivity index (χ3n) is 3.30. The Morgan fingerprint density at radius 2 is 2.20 bits per heavy atom. The Bertz CT molecular complexity index is 486. The van der Waals surface area contributed by atoms with Gasteiger partial charge in [0.2, 0.25) is 5.91 Å². The molecule has 0 aromatic heterocycles. The van der Waals surface area contributed by atoms with Gasteiger partial charge in [0.25, 0.3) is 0 Å². The minimum absolute atomic E-state index is 0.144. The first-order chi connectivity index (χ1) is 9.45. The number of halogens is 1. The molecule has 3 N–H and O–H groups in total. The average Bonchev–Trinajstić information content (AvgIpc) is 3.16. The third kappa shape index (κ3) is 4.20. The lowest BCUT2D eigenvalue weighted by Crippen LogP contribution is -2.37. The summed E-state index contributed by atoms with van der Waals surface area (Å²) in [7, 11) is 0. The van der Waals surface area contributed by atoms with Crippen LogP contribution in [0.25, 0.3) is 0 Å². The van der Waals surface area contributed by atoms with Crippen molar-refractivity contribution in [1.82, 2.24) is 4.90 Å². The van der Waals surface area contributed by atoms with Crippen molar-refractivity contribution in [1.29, 1.82) is 0 Å². The maximum atomic E-state index is 13.2. The van der Waals surface area contributed by atoms with Gasteiger partial charge in [0.1, 0.15) is 5.82 Å². The number of amides is 1. The highest BCUT2D eigenvalue weighted by Gasteiger charge is 2.30. The summed E-state index contributed by atoms with van der Waals surface area (Å²) in [5.74, 6) is -0.0341. The monoisotopic (exact) mass is 279 g/mol. The van der Waals surface area contributed by atoms with E-state index < -0.39 is 5.82 Å². The molecule has 0 atom stereocenters. The van der Waals surface area contributed by atoms with E-state index in [0.717, 1.165) is 19.4 Å². The second kappa shape index (κ2) is 6.22. The maximum Gasteiger partial charge on any atom is 0.238 e. The minimum Gasteiger partial charge on any atom is -0.397 e. The van der Waals surface area contributed by atoms with E-state index in [2.05, 4.69) is 24.1 Å². The van der Waals surface area contributed by atoms with E-state index in [4.69, 9.17) is 5.73 Å². The molecule has 1 aromatic rings. The van der Waals surface area contributed by atoms with Crippen molar-refractivity contribution in [3.05, 3.63) is 24.0 Å². The minimum atomic E-state index is -0.407. The maximum absolute atomic E-state index is 13.2. The first kappa shape index (κ1) is 14.8. The fraction of sp³-hybridized carbons (Fsp3) is 0.533. The summed E-state index contributed by atoms with van der Waals surface area (Å²) in [5, 5.41) is 2.69. The number of nitrogens with zero attached hydrogens (tertiary/aromatic N) is 1. The van der Waals surface area contributed by atoms with Crippen molar-refractivity contribution in [2.24, 2.45) is 5.92 Å². The molecule has 0 unspecified atom stereocenters. The average molecular weight is 279 g/mol. The molecule has 1 fully saturated rings. The molecule has 0 saturated heterocycles. The Morgan fingerprint density at radius 1 is 1.50 bits per heavy atom. The number of hydrogen-bond donors (Lipinski definition) is 2. The number of hydrogen-bond acceptors (Lipinski definition) is 3.